The van der Waals surface area contributed by atoms with Crippen LogP contribution in [0.4, 0.5) is 4.39 Å². The lowest BCUT2D eigenvalue weighted by Crippen LogP contribution is -2.19. The molecule has 0 bridgehead atoms. The van der Waals surface area contributed by atoms with E-state index in [9.17, 15) is 19.4 Å². The summed E-state index contributed by atoms with van der Waals surface area (Å²) >= 11 is 0. The second-order valence-corrected chi connectivity index (χ2v) is 7.92. The topological polar surface area (TPSA) is 82.7 Å². The SMILES string of the molecule is CC(C)c1c(/C=C/[C@H](O)C[C@@H](O)CC(=O)O)c(-c2ccc(F)cc2)cn1C(C)C. The van der Waals surface area contributed by atoms with Crippen LogP contribution in [0.25, 0.3) is 17.2 Å². The van der Waals surface area contributed by atoms with E-state index in [1.54, 1.807) is 18.2 Å². The number of aliphatic carboxylic acids is 1. The van der Waals surface area contributed by atoms with E-state index >= 15 is 0 Å². The summed E-state index contributed by atoms with van der Waals surface area (Å²) in [6, 6.07) is 6.51. The third kappa shape index (κ3) is 6.02. The average molecular weight is 403 g/mol. The Kier molecular flexibility index (Phi) is 7.76. The van der Waals surface area contributed by atoms with Gasteiger partial charge in [0.1, 0.15) is 5.82 Å². The molecule has 5 nitrogen and oxygen atoms in total. The number of benzene rings is 1. The number of carbonyl (C=O) groups is 1. The van der Waals surface area contributed by atoms with Gasteiger partial charge in [-0.05, 0) is 37.5 Å². The summed E-state index contributed by atoms with van der Waals surface area (Å²) in [6.07, 6.45) is 2.86. The first kappa shape index (κ1) is 22.8. The lowest BCUT2D eigenvalue weighted by Gasteiger charge is -2.17. The fourth-order valence-electron chi connectivity index (χ4n) is 3.48. The van der Waals surface area contributed by atoms with Gasteiger partial charge < -0.3 is 19.9 Å². The predicted octanol–water partition coefficient (Wildman–Crippen LogP) is 4.60. The molecule has 29 heavy (non-hydrogen) atoms. The van der Waals surface area contributed by atoms with Gasteiger partial charge in [0.05, 0.1) is 18.6 Å². The number of halogens is 1. The number of aliphatic hydroxyl groups excluding tert-OH is 2. The molecule has 2 rings (SSSR count). The van der Waals surface area contributed by atoms with Gasteiger partial charge in [-0.25, -0.2) is 4.39 Å². The third-order valence-electron chi connectivity index (χ3n) is 4.78. The lowest BCUT2D eigenvalue weighted by atomic mass is 9.97. The van der Waals surface area contributed by atoms with E-state index in [2.05, 4.69) is 32.3 Å². The largest absolute Gasteiger partial charge is 0.481 e. The van der Waals surface area contributed by atoms with Crippen molar-refractivity contribution in [3.63, 3.8) is 0 Å². The van der Waals surface area contributed by atoms with E-state index in [0.717, 1.165) is 22.4 Å². The minimum atomic E-state index is -1.12. The molecule has 2 aromatic rings. The molecule has 1 heterocycles. The van der Waals surface area contributed by atoms with Crippen molar-refractivity contribution >= 4 is 12.0 Å². The minimum Gasteiger partial charge on any atom is -0.481 e. The van der Waals surface area contributed by atoms with E-state index in [-0.39, 0.29) is 24.2 Å². The summed E-state index contributed by atoms with van der Waals surface area (Å²) < 4.78 is 15.6. The molecular weight excluding hydrogens is 373 g/mol. The smallest absolute Gasteiger partial charge is 0.305 e. The van der Waals surface area contributed by atoms with Crippen LogP contribution in [0.2, 0.25) is 0 Å². The van der Waals surface area contributed by atoms with Gasteiger partial charge in [0.2, 0.25) is 0 Å². The maximum absolute atomic E-state index is 13.4. The molecule has 0 spiro atoms. The van der Waals surface area contributed by atoms with Crippen LogP contribution in [-0.4, -0.2) is 38.1 Å². The Morgan fingerprint density at radius 1 is 1.14 bits per heavy atom. The van der Waals surface area contributed by atoms with E-state index < -0.39 is 24.6 Å². The van der Waals surface area contributed by atoms with Crippen LogP contribution in [0.5, 0.6) is 0 Å². The van der Waals surface area contributed by atoms with Gasteiger partial charge in [-0.2, -0.15) is 0 Å². The highest BCUT2D eigenvalue weighted by molar-refractivity contribution is 5.77. The van der Waals surface area contributed by atoms with Crippen molar-refractivity contribution in [2.24, 2.45) is 0 Å². The van der Waals surface area contributed by atoms with Crippen LogP contribution >= 0.6 is 0 Å². The van der Waals surface area contributed by atoms with E-state index in [1.807, 2.05) is 12.3 Å². The monoisotopic (exact) mass is 403 g/mol. The molecule has 0 unspecified atom stereocenters. The number of rotatable bonds is 9. The molecule has 0 aliphatic rings. The molecule has 1 aromatic heterocycles. The first-order valence-corrected chi connectivity index (χ1v) is 9.86. The van der Waals surface area contributed by atoms with E-state index in [0.29, 0.717) is 0 Å². The van der Waals surface area contributed by atoms with E-state index in [4.69, 9.17) is 5.11 Å². The van der Waals surface area contributed by atoms with Crippen LogP contribution in [0.15, 0.2) is 36.5 Å². The van der Waals surface area contributed by atoms with Crippen molar-refractivity contribution in [3.8, 4) is 11.1 Å². The molecular formula is C23H30FNO4. The van der Waals surface area contributed by atoms with Gasteiger partial charge in [0.25, 0.3) is 0 Å². The van der Waals surface area contributed by atoms with Crippen molar-refractivity contribution in [1.82, 2.24) is 4.57 Å². The second kappa shape index (κ2) is 9.85. The molecule has 2 atom stereocenters. The van der Waals surface area contributed by atoms with Gasteiger partial charge in [-0.3, -0.25) is 4.79 Å². The Labute approximate surface area is 171 Å². The van der Waals surface area contributed by atoms with Gasteiger partial charge in [0.15, 0.2) is 0 Å². The molecule has 0 aliphatic carbocycles. The Morgan fingerprint density at radius 3 is 2.28 bits per heavy atom. The zero-order chi connectivity index (χ0) is 21.7. The summed E-state index contributed by atoms with van der Waals surface area (Å²) in [5, 5.41) is 28.7. The molecule has 0 fully saturated rings. The normalized spacial score (nSPS) is 14.1. The summed E-state index contributed by atoms with van der Waals surface area (Å²) in [4.78, 5) is 10.7. The van der Waals surface area contributed by atoms with Crippen LogP contribution in [0, 0.1) is 5.82 Å². The zero-order valence-electron chi connectivity index (χ0n) is 17.3. The highest BCUT2D eigenvalue weighted by Crippen LogP contribution is 2.35. The quantitative estimate of drug-likeness (QED) is 0.571. The number of nitrogens with zero attached hydrogens (tertiary/aromatic N) is 1. The number of aromatic nitrogens is 1. The summed E-state index contributed by atoms with van der Waals surface area (Å²) in [7, 11) is 0. The van der Waals surface area contributed by atoms with E-state index in [1.165, 1.54) is 12.1 Å². The minimum absolute atomic E-state index is 0.0589. The number of carboxylic acid groups (broad SMARTS) is 1. The van der Waals surface area contributed by atoms with Crippen molar-refractivity contribution < 1.29 is 24.5 Å². The fourth-order valence-corrected chi connectivity index (χ4v) is 3.48. The predicted molar refractivity (Wildman–Crippen MR) is 112 cm³/mol. The van der Waals surface area contributed by atoms with Crippen LogP contribution in [-0.2, 0) is 4.79 Å². The van der Waals surface area contributed by atoms with Crippen molar-refractivity contribution in [3.05, 3.63) is 53.6 Å². The summed E-state index contributed by atoms with van der Waals surface area (Å²) in [5.74, 6) is -1.20. The van der Waals surface area contributed by atoms with Crippen LogP contribution < -0.4 is 0 Å². The first-order chi connectivity index (χ1) is 13.6. The fraction of sp³-hybridized carbons (Fsp3) is 0.435. The second-order valence-electron chi connectivity index (χ2n) is 7.92. The zero-order valence-corrected chi connectivity index (χ0v) is 17.3. The van der Waals surface area contributed by atoms with Gasteiger partial charge in [0, 0.05) is 35.5 Å². The molecule has 0 saturated heterocycles. The molecule has 0 saturated carbocycles. The number of hydrogen-bond acceptors (Lipinski definition) is 3. The van der Waals surface area contributed by atoms with Crippen molar-refractivity contribution in [2.75, 3.05) is 0 Å². The van der Waals surface area contributed by atoms with Gasteiger partial charge >= 0.3 is 5.97 Å². The molecule has 1 aromatic carbocycles. The number of hydrogen-bond donors (Lipinski definition) is 3. The highest BCUT2D eigenvalue weighted by atomic mass is 19.1. The van der Waals surface area contributed by atoms with Crippen molar-refractivity contribution in [1.29, 1.82) is 0 Å². The van der Waals surface area contributed by atoms with Crippen molar-refractivity contribution in [2.45, 2.75) is 64.7 Å². The first-order valence-electron chi connectivity index (χ1n) is 9.86. The Balaban J connectivity index is 2.44. The van der Waals surface area contributed by atoms with Gasteiger partial charge in [-0.1, -0.05) is 38.1 Å². The Hall–Kier alpha value is -2.44. The Morgan fingerprint density at radius 2 is 1.76 bits per heavy atom. The number of aliphatic hydroxyl groups is 2. The molecule has 6 heteroatoms. The highest BCUT2D eigenvalue weighted by Gasteiger charge is 2.20. The summed E-state index contributed by atoms with van der Waals surface area (Å²) in [5.41, 5.74) is 3.81. The molecule has 0 aliphatic heterocycles. The lowest BCUT2D eigenvalue weighted by molar-refractivity contribution is -0.139. The van der Waals surface area contributed by atoms with Crippen LogP contribution in [0.3, 0.4) is 0 Å². The van der Waals surface area contributed by atoms with Gasteiger partial charge in [-0.15, -0.1) is 0 Å². The molecule has 0 amide bonds. The summed E-state index contributed by atoms with van der Waals surface area (Å²) in [6.45, 7) is 8.36. The average Bonchev–Trinajstić information content (AvgIpc) is 2.99. The standard InChI is InChI=1S/C23H30FNO4/c1-14(2)23-20(10-9-18(26)11-19(27)12-22(28)29)21(13-25(23)15(3)4)16-5-7-17(24)8-6-16/h5-10,13-15,18-19,26-27H,11-12H2,1-4H3,(H,28,29)/b10-9+/t18-,19+/m0/s1. The molecule has 0 radical (unpaired) electrons. The van der Waals surface area contributed by atoms with Crippen LogP contribution in [0.1, 0.15) is 63.8 Å². The Bertz CT molecular complexity index is 853. The maximum Gasteiger partial charge on any atom is 0.305 e. The maximum atomic E-state index is 13.4. The number of carboxylic acids is 1. The third-order valence-corrected chi connectivity index (χ3v) is 4.78. The molecule has 158 valence electrons. The molecule has 3 N–H and O–H groups in total.